The molecule has 2 amide bonds. The Morgan fingerprint density at radius 3 is 2.41 bits per heavy atom. The van der Waals surface area contributed by atoms with Crippen molar-refractivity contribution >= 4 is 33.4 Å². The van der Waals surface area contributed by atoms with Crippen LogP contribution in [-0.2, 0) is 30.5 Å². The number of imidazole rings is 1. The number of carbonyl (C=O) groups is 2. The van der Waals surface area contributed by atoms with Crippen LogP contribution in [0.2, 0.25) is 0 Å². The van der Waals surface area contributed by atoms with Crippen LogP contribution in [0.15, 0.2) is 34.8 Å². The molecule has 39 heavy (non-hydrogen) atoms. The summed E-state index contributed by atoms with van der Waals surface area (Å²) in [6, 6.07) is 3.23. The summed E-state index contributed by atoms with van der Waals surface area (Å²) in [5.74, 6) is -6.24. The van der Waals surface area contributed by atoms with Gasteiger partial charge in [0.1, 0.15) is 23.2 Å². The summed E-state index contributed by atoms with van der Waals surface area (Å²) >= 11 is 3.04. The minimum atomic E-state index is -5.00. The second kappa shape index (κ2) is 11.0. The van der Waals surface area contributed by atoms with Gasteiger partial charge in [-0.05, 0) is 52.2 Å². The molecule has 1 atom stereocenters. The Kier molecular flexibility index (Phi) is 8.02. The number of halogens is 8. The average molecular weight is 622 g/mol. The van der Waals surface area contributed by atoms with E-state index < -0.39 is 58.7 Å². The van der Waals surface area contributed by atoms with E-state index in [0.29, 0.717) is 12.1 Å². The predicted octanol–water partition coefficient (Wildman–Crippen LogP) is 4.78. The number of aromatic nitrogens is 2. The predicted molar refractivity (Wildman–Crippen MR) is 127 cm³/mol. The smallest absolute Gasteiger partial charge is 0.333 e. The van der Waals surface area contributed by atoms with Crippen molar-refractivity contribution in [2.45, 2.75) is 38.1 Å². The zero-order valence-corrected chi connectivity index (χ0v) is 21.3. The first-order chi connectivity index (χ1) is 18.2. The number of hydrogen-bond donors (Lipinski definition) is 2. The highest BCUT2D eigenvalue weighted by atomic mass is 79.9. The van der Waals surface area contributed by atoms with E-state index in [0.717, 1.165) is 16.7 Å². The van der Waals surface area contributed by atoms with Crippen molar-refractivity contribution in [2.24, 2.45) is 5.73 Å². The van der Waals surface area contributed by atoms with Crippen LogP contribution in [0.25, 0.3) is 0 Å². The third kappa shape index (κ3) is 6.24. The van der Waals surface area contributed by atoms with Crippen LogP contribution in [0.1, 0.15) is 34.0 Å². The van der Waals surface area contributed by atoms with Crippen LogP contribution in [0.4, 0.5) is 36.4 Å². The molecule has 0 unspecified atom stereocenters. The Morgan fingerprint density at radius 2 is 1.74 bits per heavy atom. The van der Waals surface area contributed by atoms with Crippen LogP contribution in [0.5, 0.6) is 0 Å². The molecule has 15 heteroatoms. The van der Waals surface area contributed by atoms with Gasteiger partial charge in [0.05, 0.1) is 12.2 Å². The van der Waals surface area contributed by atoms with Crippen molar-refractivity contribution in [2.75, 3.05) is 11.9 Å². The molecule has 0 bridgehead atoms. The lowest BCUT2D eigenvalue weighted by molar-refractivity contribution is -0.141. The molecule has 1 aromatic heterocycles. The lowest BCUT2D eigenvalue weighted by Crippen LogP contribution is -2.42. The van der Waals surface area contributed by atoms with Crippen molar-refractivity contribution < 1.29 is 40.3 Å². The van der Waals surface area contributed by atoms with Crippen LogP contribution in [-0.4, -0.2) is 38.9 Å². The number of benzene rings is 2. The number of carbonyl (C=O) groups excluding carboxylic acids is 2. The fraction of sp³-hybridized carbons (Fsp3) is 0.292. The molecule has 0 saturated carbocycles. The molecular formula is C24H19BrF7N5O2. The number of nitrogens with one attached hydrogen (secondary N) is 1. The van der Waals surface area contributed by atoms with E-state index in [1.54, 1.807) is 0 Å². The van der Waals surface area contributed by atoms with Gasteiger partial charge >= 0.3 is 6.18 Å². The van der Waals surface area contributed by atoms with Crippen molar-refractivity contribution in [3.8, 4) is 0 Å². The summed E-state index contributed by atoms with van der Waals surface area (Å²) in [7, 11) is 0. The van der Waals surface area contributed by atoms with Crippen LogP contribution < -0.4 is 11.1 Å². The molecule has 4 rings (SSSR count). The average Bonchev–Trinajstić information content (AvgIpc) is 3.24. The highest BCUT2D eigenvalue weighted by molar-refractivity contribution is 9.10. The Morgan fingerprint density at radius 1 is 1.05 bits per heavy atom. The Labute approximate surface area is 224 Å². The van der Waals surface area contributed by atoms with Gasteiger partial charge in [-0.15, -0.1) is 0 Å². The van der Waals surface area contributed by atoms with Crippen LogP contribution in [0.3, 0.4) is 0 Å². The Hall–Kier alpha value is -3.46. The topological polar surface area (TPSA) is 93.2 Å². The van der Waals surface area contributed by atoms with E-state index in [4.69, 9.17) is 5.73 Å². The van der Waals surface area contributed by atoms with E-state index in [9.17, 15) is 40.3 Å². The first kappa shape index (κ1) is 28.5. The van der Waals surface area contributed by atoms with E-state index >= 15 is 0 Å². The molecule has 3 aromatic rings. The Bertz CT molecular complexity index is 1440. The van der Waals surface area contributed by atoms with Gasteiger partial charge in [-0.2, -0.15) is 13.2 Å². The van der Waals surface area contributed by atoms with Gasteiger partial charge in [0.15, 0.2) is 17.3 Å². The summed E-state index contributed by atoms with van der Waals surface area (Å²) in [5, 5.41) is 2.31. The number of hydrogen-bond acceptors (Lipinski definition) is 4. The maximum Gasteiger partial charge on any atom is 0.435 e. The minimum Gasteiger partial charge on any atom is -0.333 e. The zero-order chi connectivity index (χ0) is 28.6. The molecule has 0 radical (unpaired) electrons. The van der Waals surface area contributed by atoms with Gasteiger partial charge in [-0.1, -0.05) is 0 Å². The van der Waals surface area contributed by atoms with Gasteiger partial charge in [-0.3, -0.25) is 9.59 Å². The highest BCUT2D eigenvalue weighted by Gasteiger charge is 2.42. The second-order valence-electron chi connectivity index (χ2n) is 8.79. The third-order valence-corrected chi connectivity index (χ3v) is 6.65. The molecule has 0 saturated heterocycles. The summed E-state index contributed by atoms with van der Waals surface area (Å²) < 4.78 is 96.4. The first-order valence-corrected chi connectivity index (χ1v) is 12.1. The van der Waals surface area contributed by atoms with Crippen LogP contribution in [0, 0.1) is 23.3 Å². The maximum absolute atomic E-state index is 13.9. The molecule has 3 N–H and O–H groups in total. The third-order valence-electron chi connectivity index (χ3n) is 6.00. The second-order valence-corrected chi connectivity index (χ2v) is 9.65. The van der Waals surface area contributed by atoms with E-state index in [-0.39, 0.29) is 54.0 Å². The molecule has 1 aliphatic rings. The van der Waals surface area contributed by atoms with Crippen molar-refractivity contribution in [3.63, 3.8) is 0 Å². The lowest BCUT2D eigenvalue weighted by atomic mass is 10.0. The van der Waals surface area contributed by atoms with E-state index in [2.05, 4.69) is 26.2 Å². The summed E-state index contributed by atoms with van der Waals surface area (Å²) in [6.45, 7) is -0.668. The lowest BCUT2D eigenvalue weighted by Gasteiger charge is -2.29. The molecule has 7 nitrogen and oxygen atoms in total. The van der Waals surface area contributed by atoms with E-state index in [1.807, 2.05) is 0 Å². The molecule has 0 spiro atoms. The SMILES string of the molecule is N[C@H](CC(=O)N1CCn2c(nc(C(F)(F)F)c2C(=O)Nc2ccc(F)cc2Br)C1)Cc1cc(F)c(F)cc1F. The normalized spacial score (nSPS) is 14.2. The van der Waals surface area contributed by atoms with Crippen LogP contribution >= 0.6 is 15.9 Å². The fourth-order valence-electron chi connectivity index (χ4n) is 4.17. The monoisotopic (exact) mass is 621 g/mol. The number of amides is 2. The van der Waals surface area contributed by atoms with Gasteiger partial charge in [-0.25, -0.2) is 22.5 Å². The Balaban J connectivity index is 1.51. The zero-order valence-electron chi connectivity index (χ0n) is 19.8. The molecule has 2 aromatic carbocycles. The molecular weight excluding hydrogens is 603 g/mol. The molecule has 0 fully saturated rings. The summed E-state index contributed by atoms with van der Waals surface area (Å²) in [6.07, 6.45) is -5.65. The van der Waals surface area contributed by atoms with Gasteiger partial charge < -0.3 is 20.5 Å². The molecule has 0 aliphatic carbocycles. The number of rotatable bonds is 6. The number of alkyl halides is 3. The number of nitrogens with zero attached hydrogens (tertiary/aromatic N) is 3. The number of nitrogens with two attached hydrogens (primary N) is 1. The quantitative estimate of drug-likeness (QED) is 0.306. The highest BCUT2D eigenvalue weighted by Crippen LogP contribution is 2.34. The number of fused-ring (bicyclic) bond motifs is 1. The number of anilines is 1. The van der Waals surface area contributed by atoms with Gasteiger partial charge in [0.2, 0.25) is 5.91 Å². The minimum absolute atomic E-state index is 0.0316. The van der Waals surface area contributed by atoms with Crippen molar-refractivity contribution in [1.82, 2.24) is 14.5 Å². The molecule has 2 heterocycles. The van der Waals surface area contributed by atoms with Gasteiger partial charge in [0, 0.05) is 36.1 Å². The van der Waals surface area contributed by atoms with Gasteiger partial charge in [0.25, 0.3) is 5.91 Å². The standard InChI is InChI=1S/C24H19BrF7N5O2/c25-14-7-12(26)1-2-18(14)34-23(39)21-22(24(30,31)32)35-19-10-36(3-4-37(19)21)20(38)8-13(33)5-11-6-16(28)17(29)9-15(11)27/h1-2,6-7,9,13H,3-5,8,10,33H2,(H,34,39)/t13-/m0/s1. The molecule has 208 valence electrons. The fourth-order valence-corrected chi connectivity index (χ4v) is 4.62. The summed E-state index contributed by atoms with van der Waals surface area (Å²) in [4.78, 5) is 30.4. The van der Waals surface area contributed by atoms with Crippen molar-refractivity contribution in [1.29, 1.82) is 0 Å². The molecule has 1 aliphatic heterocycles. The van der Waals surface area contributed by atoms with E-state index in [1.165, 1.54) is 11.0 Å². The summed E-state index contributed by atoms with van der Waals surface area (Å²) in [5.41, 5.74) is 3.48. The van der Waals surface area contributed by atoms with Crippen molar-refractivity contribution in [3.05, 3.63) is 80.8 Å². The maximum atomic E-state index is 13.9. The first-order valence-electron chi connectivity index (χ1n) is 11.3. The largest absolute Gasteiger partial charge is 0.435 e.